The summed E-state index contributed by atoms with van der Waals surface area (Å²) in [7, 11) is 2.87. The van der Waals surface area contributed by atoms with Crippen molar-refractivity contribution in [2.75, 3.05) is 7.11 Å². The average molecular weight is 276 g/mol. The van der Waals surface area contributed by atoms with E-state index in [2.05, 4.69) is 0 Å². The van der Waals surface area contributed by atoms with Crippen LogP contribution in [0.4, 0.5) is 0 Å². The molecule has 0 aliphatic rings. The van der Waals surface area contributed by atoms with Gasteiger partial charge in [-0.25, -0.2) is 14.2 Å². The zero-order valence-corrected chi connectivity index (χ0v) is 10.9. The molecule has 2 aromatic rings. The number of hydrogen-bond acceptors (Lipinski definition) is 4. The number of rotatable bonds is 3. The van der Waals surface area contributed by atoms with Gasteiger partial charge in [-0.15, -0.1) is 0 Å². The summed E-state index contributed by atoms with van der Waals surface area (Å²) in [6.07, 6.45) is 1.01. The van der Waals surface area contributed by atoms with Crippen molar-refractivity contribution in [3.63, 3.8) is 0 Å². The third kappa shape index (κ3) is 2.20. The minimum atomic E-state index is -1.38. The summed E-state index contributed by atoms with van der Waals surface area (Å²) >= 11 is 0. The van der Waals surface area contributed by atoms with Crippen LogP contribution >= 0.6 is 0 Å². The smallest absolute Gasteiger partial charge is 0.342 e. The molecule has 0 bridgehead atoms. The number of aryl methyl sites for hydroxylation is 1. The molecule has 1 N–H and O–H groups in total. The second kappa shape index (κ2) is 5.04. The highest BCUT2D eigenvalue weighted by Crippen LogP contribution is 2.12. The van der Waals surface area contributed by atoms with Gasteiger partial charge in [0.15, 0.2) is 0 Å². The van der Waals surface area contributed by atoms with E-state index in [9.17, 15) is 14.4 Å². The Morgan fingerprint density at radius 2 is 1.80 bits per heavy atom. The Morgan fingerprint density at radius 3 is 2.30 bits per heavy atom. The van der Waals surface area contributed by atoms with E-state index in [1.807, 2.05) is 0 Å². The van der Waals surface area contributed by atoms with Crippen LogP contribution in [0.3, 0.4) is 0 Å². The second-order valence-corrected chi connectivity index (χ2v) is 4.08. The van der Waals surface area contributed by atoms with Crippen LogP contribution in [0.15, 0.2) is 40.1 Å². The maximum atomic E-state index is 12.1. The van der Waals surface area contributed by atoms with Gasteiger partial charge in [-0.05, 0) is 24.3 Å². The quantitative estimate of drug-likeness (QED) is 0.867. The number of methoxy groups -OCH3 is 1. The molecule has 1 heterocycles. The zero-order valence-electron chi connectivity index (χ0n) is 10.9. The summed E-state index contributed by atoms with van der Waals surface area (Å²) < 4.78 is 6.85. The van der Waals surface area contributed by atoms with E-state index in [1.165, 1.54) is 26.3 Å². The van der Waals surface area contributed by atoms with Crippen LogP contribution in [-0.4, -0.2) is 27.3 Å². The van der Waals surface area contributed by atoms with Crippen molar-refractivity contribution in [2.24, 2.45) is 7.05 Å². The molecule has 0 aliphatic heterocycles. The lowest BCUT2D eigenvalue weighted by Gasteiger charge is -2.09. The van der Waals surface area contributed by atoms with Crippen molar-refractivity contribution in [1.82, 2.24) is 9.13 Å². The van der Waals surface area contributed by atoms with E-state index in [0.29, 0.717) is 5.75 Å². The number of aromatic carboxylic acids is 1. The van der Waals surface area contributed by atoms with Gasteiger partial charge in [-0.3, -0.25) is 4.79 Å². The molecular weight excluding hydrogens is 264 g/mol. The molecule has 0 aliphatic carbocycles. The lowest BCUT2D eigenvalue weighted by Crippen LogP contribution is -2.40. The minimum absolute atomic E-state index is 0.277. The highest BCUT2D eigenvalue weighted by Gasteiger charge is 2.16. The SMILES string of the molecule is COc1ccc(-n2c(=O)c(C(=O)O)cn(C)c2=O)cc1. The van der Waals surface area contributed by atoms with Gasteiger partial charge in [0.05, 0.1) is 12.8 Å². The number of nitrogens with zero attached hydrogens (tertiary/aromatic N) is 2. The summed E-state index contributed by atoms with van der Waals surface area (Å²) in [5.41, 5.74) is -1.68. The third-order valence-corrected chi connectivity index (χ3v) is 2.81. The highest BCUT2D eigenvalue weighted by atomic mass is 16.5. The number of carboxylic acid groups (broad SMARTS) is 1. The summed E-state index contributed by atoms with van der Waals surface area (Å²) in [5.74, 6) is -0.819. The van der Waals surface area contributed by atoms with Crippen LogP contribution in [0.1, 0.15) is 10.4 Å². The normalized spacial score (nSPS) is 10.3. The molecule has 1 aromatic heterocycles. The molecular formula is C13H12N2O5. The molecule has 20 heavy (non-hydrogen) atoms. The molecule has 0 saturated heterocycles. The monoisotopic (exact) mass is 276 g/mol. The van der Waals surface area contributed by atoms with Crippen molar-refractivity contribution in [1.29, 1.82) is 0 Å². The Balaban J connectivity index is 2.75. The molecule has 7 nitrogen and oxygen atoms in total. The number of ether oxygens (including phenoxy) is 1. The topological polar surface area (TPSA) is 90.5 Å². The van der Waals surface area contributed by atoms with Crippen LogP contribution in [0.2, 0.25) is 0 Å². The Labute approximate surface area is 113 Å². The highest BCUT2D eigenvalue weighted by molar-refractivity contribution is 5.86. The van der Waals surface area contributed by atoms with E-state index >= 15 is 0 Å². The van der Waals surface area contributed by atoms with E-state index in [-0.39, 0.29) is 5.69 Å². The second-order valence-electron chi connectivity index (χ2n) is 4.08. The predicted molar refractivity (Wildman–Crippen MR) is 70.8 cm³/mol. The average Bonchev–Trinajstić information content (AvgIpc) is 2.43. The Bertz CT molecular complexity index is 771. The predicted octanol–water partition coefficient (Wildman–Crippen LogP) is 0.243. The van der Waals surface area contributed by atoms with Gasteiger partial charge < -0.3 is 14.4 Å². The van der Waals surface area contributed by atoms with Gasteiger partial charge in [0, 0.05) is 13.2 Å². The molecule has 2 rings (SSSR count). The number of carboxylic acids is 1. The van der Waals surface area contributed by atoms with Crippen LogP contribution in [-0.2, 0) is 7.05 Å². The largest absolute Gasteiger partial charge is 0.497 e. The fourth-order valence-electron chi connectivity index (χ4n) is 1.77. The van der Waals surface area contributed by atoms with Gasteiger partial charge in [0.25, 0.3) is 5.56 Å². The Hall–Kier alpha value is -2.83. The molecule has 0 amide bonds. The Kier molecular flexibility index (Phi) is 3.43. The first-order valence-corrected chi connectivity index (χ1v) is 5.66. The molecule has 104 valence electrons. The summed E-state index contributed by atoms with van der Waals surface area (Å²) in [6, 6.07) is 6.17. The third-order valence-electron chi connectivity index (χ3n) is 2.81. The van der Waals surface area contributed by atoms with Crippen LogP contribution in [0.25, 0.3) is 5.69 Å². The molecule has 0 saturated carbocycles. The van der Waals surface area contributed by atoms with Gasteiger partial charge in [0.2, 0.25) is 0 Å². The molecule has 0 fully saturated rings. The van der Waals surface area contributed by atoms with Crippen molar-refractivity contribution >= 4 is 5.97 Å². The zero-order chi connectivity index (χ0) is 14.9. The molecule has 0 radical (unpaired) electrons. The van der Waals surface area contributed by atoms with Gasteiger partial charge in [0.1, 0.15) is 11.3 Å². The number of aromatic nitrogens is 2. The van der Waals surface area contributed by atoms with Crippen molar-refractivity contribution in [3.8, 4) is 11.4 Å². The first-order valence-electron chi connectivity index (χ1n) is 5.66. The van der Waals surface area contributed by atoms with Crippen molar-refractivity contribution in [2.45, 2.75) is 0 Å². The van der Waals surface area contributed by atoms with E-state index in [0.717, 1.165) is 15.3 Å². The first kappa shape index (κ1) is 13.6. The molecule has 0 atom stereocenters. The molecule has 0 spiro atoms. The number of benzene rings is 1. The fourth-order valence-corrected chi connectivity index (χ4v) is 1.77. The lowest BCUT2D eigenvalue weighted by molar-refractivity contribution is 0.0693. The summed E-state index contributed by atoms with van der Waals surface area (Å²) in [6.45, 7) is 0. The minimum Gasteiger partial charge on any atom is -0.497 e. The fraction of sp³-hybridized carbons (Fsp3) is 0.154. The molecule has 0 unspecified atom stereocenters. The van der Waals surface area contributed by atoms with Crippen LogP contribution in [0.5, 0.6) is 5.75 Å². The molecule has 7 heteroatoms. The van der Waals surface area contributed by atoms with E-state index < -0.39 is 22.8 Å². The van der Waals surface area contributed by atoms with Gasteiger partial charge in [-0.1, -0.05) is 0 Å². The van der Waals surface area contributed by atoms with Crippen molar-refractivity contribution in [3.05, 3.63) is 56.9 Å². The summed E-state index contributed by atoms with van der Waals surface area (Å²) in [4.78, 5) is 35.1. The standard InChI is InChI=1S/C13H12N2O5/c1-14-7-10(12(17)18)11(16)15(13(14)19)8-3-5-9(20-2)6-4-8/h3-7H,1-2H3,(H,17,18). The summed E-state index contributed by atoms with van der Waals surface area (Å²) in [5, 5.41) is 8.99. The number of carbonyl (C=O) groups is 1. The van der Waals surface area contributed by atoms with Gasteiger partial charge in [-0.2, -0.15) is 0 Å². The van der Waals surface area contributed by atoms with Crippen LogP contribution < -0.4 is 16.0 Å². The van der Waals surface area contributed by atoms with Crippen LogP contribution in [0, 0.1) is 0 Å². The molecule has 1 aromatic carbocycles. The maximum absolute atomic E-state index is 12.1. The van der Waals surface area contributed by atoms with E-state index in [1.54, 1.807) is 12.1 Å². The maximum Gasteiger partial charge on any atom is 0.342 e. The van der Waals surface area contributed by atoms with Crippen molar-refractivity contribution < 1.29 is 14.6 Å². The Morgan fingerprint density at radius 1 is 1.20 bits per heavy atom. The number of hydrogen-bond donors (Lipinski definition) is 1. The van der Waals surface area contributed by atoms with Gasteiger partial charge >= 0.3 is 11.7 Å². The first-order chi connectivity index (χ1) is 9.45. The lowest BCUT2D eigenvalue weighted by atomic mass is 10.2. The van der Waals surface area contributed by atoms with E-state index in [4.69, 9.17) is 9.84 Å².